The first-order valence-electron chi connectivity index (χ1n) is 5.41. The van der Waals surface area contributed by atoms with Crippen LogP contribution in [0.3, 0.4) is 0 Å². The third-order valence-corrected chi connectivity index (χ3v) is 2.61. The van der Waals surface area contributed by atoms with E-state index in [0.717, 1.165) is 12.8 Å². The zero-order valence-corrected chi connectivity index (χ0v) is 10.6. The molecule has 0 aliphatic rings. The van der Waals surface area contributed by atoms with E-state index in [0.29, 0.717) is 18.7 Å². The molecule has 1 N–H and O–H groups in total. The van der Waals surface area contributed by atoms with Crippen LogP contribution in [0.1, 0.15) is 23.2 Å². The van der Waals surface area contributed by atoms with Crippen LogP contribution in [0.15, 0.2) is 23.1 Å². The van der Waals surface area contributed by atoms with E-state index in [1.807, 2.05) is 0 Å². The highest BCUT2D eigenvalue weighted by Gasteiger charge is 2.07. The predicted octanol–water partition coefficient (Wildman–Crippen LogP) is 2.27. The number of methoxy groups -OCH3 is 1. The fourth-order valence-corrected chi connectivity index (χ4v) is 1.54. The van der Waals surface area contributed by atoms with Crippen molar-refractivity contribution in [2.45, 2.75) is 17.7 Å². The summed E-state index contributed by atoms with van der Waals surface area (Å²) < 4.78 is 17.8. The van der Waals surface area contributed by atoms with Gasteiger partial charge in [-0.25, -0.2) is 4.39 Å². The fourth-order valence-electron chi connectivity index (χ4n) is 1.33. The predicted molar refractivity (Wildman–Crippen MR) is 67.1 cm³/mol. The number of unbranched alkanes of at least 4 members (excludes halogenated alkanes) is 1. The summed E-state index contributed by atoms with van der Waals surface area (Å²) in [6.07, 6.45) is 1.76. The molecule has 5 heteroatoms. The van der Waals surface area contributed by atoms with E-state index in [2.05, 4.69) is 17.9 Å². The van der Waals surface area contributed by atoms with Crippen molar-refractivity contribution in [2.75, 3.05) is 20.3 Å². The molecule has 1 aromatic rings. The molecule has 0 spiro atoms. The van der Waals surface area contributed by atoms with E-state index in [1.54, 1.807) is 7.11 Å². The molecular weight excluding hydrogens is 241 g/mol. The van der Waals surface area contributed by atoms with Crippen LogP contribution in [0.4, 0.5) is 4.39 Å². The number of ether oxygens (including phenoxy) is 1. The van der Waals surface area contributed by atoms with E-state index >= 15 is 0 Å². The SMILES string of the molecule is COCCCCNC(=O)c1ccc(F)c(S)c1. The van der Waals surface area contributed by atoms with Gasteiger partial charge in [0, 0.05) is 30.7 Å². The minimum Gasteiger partial charge on any atom is -0.385 e. The summed E-state index contributed by atoms with van der Waals surface area (Å²) in [6.45, 7) is 1.27. The van der Waals surface area contributed by atoms with Gasteiger partial charge in [0.25, 0.3) is 5.91 Å². The third-order valence-electron chi connectivity index (χ3n) is 2.27. The molecule has 0 unspecified atom stereocenters. The molecule has 0 bridgehead atoms. The van der Waals surface area contributed by atoms with Crippen molar-refractivity contribution in [2.24, 2.45) is 0 Å². The first kappa shape index (κ1) is 14.0. The Morgan fingerprint density at radius 2 is 2.24 bits per heavy atom. The van der Waals surface area contributed by atoms with Crippen LogP contribution in [0.2, 0.25) is 0 Å². The van der Waals surface area contributed by atoms with Crippen molar-refractivity contribution in [3.8, 4) is 0 Å². The van der Waals surface area contributed by atoms with Gasteiger partial charge in [0.1, 0.15) is 5.82 Å². The first-order chi connectivity index (χ1) is 8.15. The standard InChI is InChI=1S/C12H16FNO2S/c1-16-7-3-2-6-14-12(15)9-4-5-10(13)11(17)8-9/h4-5,8,17H,2-3,6-7H2,1H3,(H,14,15). The zero-order valence-electron chi connectivity index (χ0n) is 9.70. The Kier molecular flexibility index (Phi) is 6.00. The maximum atomic E-state index is 12.9. The quantitative estimate of drug-likeness (QED) is 0.606. The normalized spacial score (nSPS) is 10.3. The molecule has 94 valence electrons. The molecule has 0 radical (unpaired) electrons. The molecule has 0 saturated heterocycles. The lowest BCUT2D eigenvalue weighted by Gasteiger charge is -2.05. The summed E-state index contributed by atoms with van der Waals surface area (Å²) in [5.41, 5.74) is 0.420. The molecular formula is C12H16FNO2S. The van der Waals surface area contributed by atoms with Gasteiger partial charge < -0.3 is 10.1 Å². The maximum absolute atomic E-state index is 12.9. The number of thiol groups is 1. The molecule has 1 amide bonds. The molecule has 0 fully saturated rings. The van der Waals surface area contributed by atoms with Crippen LogP contribution in [-0.4, -0.2) is 26.2 Å². The van der Waals surface area contributed by atoms with Gasteiger partial charge >= 0.3 is 0 Å². The molecule has 0 aliphatic heterocycles. The van der Waals surface area contributed by atoms with Gasteiger partial charge in [-0.15, -0.1) is 12.6 Å². The van der Waals surface area contributed by atoms with Gasteiger partial charge in [-0.05, 0) is 31.0 Å². The number of halogens is 1. The average Bonchev–Trinajstić information content (AvgIpc) is 2.32. The second kappa shape index (κ2) is 7.29. The van der Waals surface area contributed by atoms with Crippen LogP contribution in [0.25, 0.3) is 0 Å². The highest BCUT2D eigenvalue weighted by atomic mass is 32.1. The highest BCUT2D eigenvalue weighted by molar-refractivity contribution is 7.80. The Morgan fingerprint density at radius 1 is 1.47 bits per heavy atom. The smallest absolute Gasteiger partial charge is 0.251 e. The molecule has 0 saturated carbocycles. The number of carbonyl (C=O) groups is 1. The van der Waals surface area contributed by atoms with Crippen molar-refractivity contribution in [1.82, 2.24) is 5.32 Å². The van der Waals surface area contributed by atoms with Crippen molar-refractivity contribution in [3.05, 3.63) is 29.6 Å². The lowest BCUT2D eigenvalue weighted by Crippen LogP contribution is -2.24. The second-order valence-electron chi connectivity index (χ2n) is 3.62. The molecule has 0 aliphatic carbocycles. The summed E-state index contributed by atoms with van der Waals surface area (Å²) in [7, 11) is 1.64. The van der Waals surface area contributed by atoms with Crippen molar-refractivity contribution in [1.29, 1.82) is 0 Å². The van der Waals surface area contributed by atoms with Crippen LogP contribution in [0.5, 0.6) is 0 Å². The molecule has 0 atom stereocenters. The third kappa shape index (κ3) is 4.75. The van der Waals surface area contributed by atoms with E-state index in [4.69, 9.17) is 4.74 Å². The van der Waals surface area contributed by atoms with Crippen LogP contribution in [0, 0.1) is 5.82 Å². The maximum Gasteiger partial charge on any atom is 0.251 e. The summed E-state index contributed by atoms with van der Waals surface area (Å²) in [6, 6.07) is 4.10. The number of carbonyl (C=O) groups excluding carboxylic acids is 1. The largest absolute Gasteiger partial charge is 0.385 e. The first-order valence-corrected chi connectivity index (χ1v) is 5.85. The molecule has 3 nitrogen and oxygen atoms in total. The van der Waals surface area contributed by atoms with Gasteiger partial charge in [-0.2, -0.15) is 0 Å². The van der Waals surface area contributed by atoms with Crippen molar-refractivity contribution < 1.29 is 13.9 Å². The topological polar surface area (TPSA) is 38.3 Å². The number of nitrogens with one attached hydrogen (secondary N) is 1. The summed E-state index contributed by atoms with van der Waals surface area (Å²) in [4.78, 5) is 11.8. The molecule has 0 heterocycles. The summed E-state index contributed by atoms with van der Waals surface area (Å²) in [5, 5.41) is 2.75. The fraction of sp³-hybridized carbons (Fsp3) is 0.417. The molecule has 1 rings (SSSR count). The van der Waals surface area contributed by atoms with Gasteiger partial charge in [0.2, 0.25) is 0 Å². The van der Waals surface area contributed by atoms with E-state index in [-0.39, 0.29) is 10.8 Å². The lowest BCUT2D eigenvalue weighted by molar-refractivity contribution is 0.0951. The number of benzene rings is 1. The Bertz CT molecular complexity index is 385. The number of rotatable bonds is 6. The van der Waals surface area contributed by atoms with Gasteiger partial charge in [-0.3, -0.25) is 4.79 Å². The second-order valence-corrected chi connectivity index (χ2v) is 4.10. The van der Waals surface area contributed by atoms with Crippen molar-refractivity contribution in [3.63, 3.8) is 0 Å². The van der Waals surface area contributed by atoms with Crippen LogP contribution >= 0.6 is 12.6 Å². The van der Waals surface area contributed by atoms with E-state index in [9.17, 15) is 9.18 Å². The Labute approximate surface area is 106 Å². The summed E-state index contributed by atoms with van der Waals surface area (Å²) in [5.74, 6) is -0.636. The lowest BCUT2D eigenvalue weighted by atomic mass is 10.2. The van der Waals surface area contributed by atoms with Gasteiger partial charge in [0.15, 0.2) is 0 Å². The molecule has 17 heavy (non-hydrogen) atoms. The minimum absolute atomic E-state index is 0.178. The Balaban J connectivity index is 2.39. The number of hydrogen-bond acceptors (Lipinski definition) is 3. The Hall–Kier alpha value is -1.07. The van der Waals surface area contributed by atoms with Gasteiger partial charge in [0.05, 0.1) is 0 Å². The van der Waals surface area contributed by atoms with Crippen LogP contribution in [-0.2, 0) is 4.74 Å². The Morgan fingerprint density at radius 3 is 2.88 bits per heavy atom. The molecule has 1 aromatic carbocycles. The number of hydrogen-bond donors (Lipinski definition) is 2. The molecule has 0 aromatic heterocycles. The number of amides is 1. The average molecular weight is 257 g/mol. The van der Waals surface area contributed by atoms with E-state index in [1.165, 1.54) is 18.2 Å². The van der Waals surface area contributed by atoms with Crippen LogP contribution < -0.4 is 5.32 Å². The zero-order chi connectivity index (χ0) is 12.7. The highest BCUT2D eigenvalue weighted by Crippen LogP contribution is 2.14. The minimum atomic E-state index is -0.426. The summed E-state index contributed by atoms with van der Waals surface area (Å²) >= 11 is 3.93. The van der Waals surface area contributed by atoms with Crippen molar-refractivity contribution >= 4 is 18.5 Å². The monoisotopic (exact) mass is 257 g/mol. The van der Waals surface area contributed by atoms with Gasteiger partial charge in [-0.1, -0.05) is 0 Å². The van der Waals surface area contributed by atoms with E-state index < -0.39 is 5.82 Å².